The van der Waals surface area contributed by atoms with Gasteiger partial charge in [-0.1, -0.05) is 43.2 Å². The van der Waals surface area contributed by atoms with E-state index in [-0.39, 0.29) is 17.9 Å². The van der Waals surface area contributed by atoms with Crippen LogP contribution in [-0.4, -0.2) is 12.5 Å². The van der Waals surface area contributed by atoms with Crippen molar-refractivity contribution in [3.8, 4) is 11.8 Å². The lowest BCUT2D eigenvalue weighted by molar-refractivity contribution is -0.118. The van der Waals surface area contributed by atoms with Gasteiger partial charge in [0.25, 0.3) is 5.91 Å². The second-order valence-electron chi connectivity index (χ2n) is 6.13. The number of rotatable bonds is 5. The van der Waals surface area contributed by atoms with E-state index in [1.807, 2.05) is 54.6 Å². The number of ether oxygens (including phenoxy) is 1. The van der Waals surface area contributed by atoms with Crippen molar-refractivity contribution in [1.29, 1.82) is 5.26 Å². The maximum absolute atomic E-state index is 12.0. The normalized spacial score (nSPS) is 15.5. The lowest BCUT2D eigenvalue weighted by Crippen LogP contribution is -2.21. The van der Waals surface area contributed by atoms with Gasteiger partial charge < -0.3 is 10.1 Å². The summed E-state index contributed by atoms with van der Waals surface area (Å²) >= 11 is 0. The molecule has 0 aromatic heterocycles. The molecule has 122 valence electrons. The fraction of sp³-hybridized carbons (Fsp3) is 0.300. The Morgan fingerprint density at radius 1 is 1.08 bits per heavy atom. The summed E-state index contributed by atoms with van der Waals surface area (Å²) in [4.78, 5) is 12.0. The number of hydrogen-bond donors (Lipinski definition) is 1. The van der Waals surface area contributed by atoms with Gasteiger partial charge in [0.05, 0.1) is 11.5 Å². The number of para-hydroxylation sites is 1. The highest BCUT2D eigenvalue weighted by atomic mass is 16.5. The smallest absolute Gasteiger partial charge is 0.262 e. The van der Waals surface area contributed by atoms with Crippen molar-refractivity contribution >= 4 is 11.6 Å². The SMILES string of the molecule is N#CC1(c2ccc(NC(=O)COc3ccccc3)cc2)CCCC1. The third kappa shape index (κ3) is 3.57. The van der Waals surface area contributed by atoms with Crippen LogP contribution in [-0.2, 0) is 10.2 Å². The molecule has 1 amide bonds. The zero-order valence-electron chi connectivity index (χ0n) is 13.5. The van der Waals surface area contributed by atoms with E-state index in [1.54, 1.807) is 0 Å². The zero-order chi connectivity index (χ0) is 16.8. The number of carbonyl (C=O) groups excluding carboxylic acids is 1. The second kappa shape index (κ2) is 7.18. The van der Waals surface area contributed by atoms with Crippen molar-refractivity contribution in [3.05, 3.63) is 60.2 Å². The van der Waals surface area contributed by atoms with E-state index in [9.17, 15) is 10.1 Å². The van der Waals surface area contributed by atoms with Crippen molar-refractivity contribution in [1.82, 2.24) is 0 Å². The topological polar surface area (TPSA) is 62.1 Å². The summed E-state index contributed by atoms with van der Waals surface area (Å²) in [6, 6.07) is 19.3. The third-order valence-corrected chi connectivity index (χ3v) is 4.51. The average molecular weight is 320 g/mol. The van der Waals surface area contributed by atoms with Crippen molar-refractivity contribution < 1.29 is 9.53 Å². The molecule has 0 radical (unpaired) electrons. The molecule has 3 rings (SSSR count). The molecule has 4 nitrogen and oxygen atoms in total. The van der Waals surface area contributed by atoms with Gasteiger partial charge in [-0.05, 0) is 42.7 Å². The Kier molecular flexibility index (Phi) is 4.81. The van der Waals surface area contributed by atoms with Crippen LogP contribution in [0.3, 0.4) is 0 Å². The summed E-state index contributed by atoms with van der Waals surface area (Å²) in [7, 11) is 0. The number of nitrogens with zero attached hydrogens (tertiary/aromatic N) is 1. The van der Waals surface area contributed by atoms with Gasteiger partial charge in [-0.25, -0.2) is 0 Å². The molecule has 0 unspecified atom stereocenters. The number of benzene rings is 2. The molecule has 24 heavy (non-hydrogen) atoms. The van der Waals surface area contributed by atoms with Crippen LogP contribution in [0.25, 0.3) is 0 Å². The van der Waals surface area contributed by atoms with Gasteiger partial charge >= 0.3 is 0 Å². The first-order valence-electron chi connectivity index (χ1n) is 8.21. The Morgan fingerprint density at radius 2 is 1.75 bits per heavy atom. The molecule has 0 saturated heterocycles. The minimum atomic E-state index is -0.348. The number of amides is 1. The fourth-order valence-corrected chi connectivity index (χ4v) is 3.18. The molecule has 0 heterocycles. The monoisotopic (exact) mass is 320 g/mol. The standard InChI is InChI=1S/C20H20N2O2/c21-15-20(12-4-5-13-20)16-8-10-17(11-9-16)22-19(23)14-24-18-6-2-1-3-7-18/h1-3,6-11H,4-5,12-14H2,(H,22,23). The molecule has 2 aromatic carbocycles. The van der Waals surface area contributed by atoms with Gasteiger partial charge in [0.15, 0.2) is 6.61 Å². The highest BCUT2D eigenvalue weighted by molar-refractivity contribution is 5.91. The fourth-order valence-electron chi connectivity index (χ4n) is 3.18. The quantitative estimate of drug-likeness (QED) is 0.904. The van der Waals surface area contributed by atoms with Crippen LogP contribution in [0.1, 0.15) is 31.2 Å². The van der Waals surface area contributed by atoms with Crippen molar-refractivity contribution in [2.45, 2.75) is 31.1 Å². The van der Waals surface area contributed by atoms with Crippen LogP contribution in [0.2, 0.25) is 0 Å². The summed E-state index contributed by atoms with van der Waals surface area (Å²) in [5.74, 6) is 0.461. The van der Waals surface area contributed by atoms with Crippen LogP contribution in [0, 0.1) is 11.3 Å². The highest BCUT2D eigenvalue weighted by Gasteiger charge is 2.35. The maximum Gasteiger partial charge on any atom is 0.262 e. The van der Waals surface area contributed by atoms with E-state index < -0.39 is 0 Å². The van der Waals surface area contributed by atoms with Gasteiger partial charge in [0, 0.05) is 5.69 Å². The van der Waals surface area contributed by atoms with Crippen molar-refractivity contribution in [2.24, 2.45) is 0 Å². The Labute approximate surface area is 142 Å². The van der Waals surface area contributed by atoms with Crippen LogP contribution >= 0.6 is 0 Å². The average Bonchev–Trinajstić information content (AvgIpc) is 3.12. The lowest BCUT2D eigenvalue weighted by atomic mass is 9.80. The van der Waals surface area contributed by atoms with Crippen molar-refractivity contribution in [2.75, 3.05) is 11.9 Å². The van der Waals surface area contributed by atoms with E-state index in [4.69, 9.17) is 4.74 Å². The molecule has 0 aliphatic heterocycles. The molecule has 1 fully saturated rings. The van der Waals surface area contributed by atoms with Gasteiger partial charge in [0.2, 0.25) is 0 Å². The summed E-state index contributed by atoms with van der Waals surface area (Å²) < 4.78 is 5.42. The van der Waals surface area contributed by atoms with Gasteiger partial charge in [-0.15, -0.1) is 0 Å². The Balaban J connectivity index is 1.58. The Bertz CT molecular complexity index is 726. The summed E-state index contributed by atoms with van der Waals surface area (Å²) in [5, 5.41) is 12.3. The molecule has 0 atom stereocenters. The molecule has 1 aliphatic carbocycles. The van der Waals surface area contributed by atoms with Crippen LogP contribution < -0.4 is 10.1 Å². The molecule has 1 N–H and O–H groups in total. The maximum atomic E-state index is 12.0. The van der Waals surface area contributed by atoms with E-state index in [1.165, 1.54) is 0 Å². The first-order chi connectivity index (χ1) is 11.7. The zero-order valence-corrected chi connectivity index (χ0v) is 13.5. The van der Waals surface area contributed by atoms with E-state index in [0.717, 1.165) is 31.2 Å². The lowest BCUT2D eigenvalue weighted by Gasteiger charge is -2.20. The third-order valence-electron chi connectivity index (χ3n) is 4.51. The predicted molar refractivity (Wildman–Crippen MR) is 92.8 cm³/mol. The molecule has 2 aromatic rings. The summed E-state index contributed by atoms with van der Waals surface area (Å²) in [6.07, 6.45) is 4.03. The number of hydrogen-bond acceptors (Lipinski definition) is 3. The minimum Gasteiger partial charge on any atom is -0.484 e. The van der Waals surface area contributed by atoms with Crippen LogP contribution in [0.5, 0.6) is 5.75 Å². The van der Waals surface area contributed by atoms with Crippen LogP contribution in [0.15, 0.2) is 54.6 Å². The van der Waals surface area contributed by atoms with E-state index >= 15 is 0 Å². The van der Waals surface area contributed by atoms with Gasteiger partial charge in [-0.3, -0.25) is 4.79 Å². The van der Waals surface area contributed by atoms with E-state index in [2.05, 4.69) is 11.4 Å². The largest absolute Gasteiger partial charge is 0.484 e. The first-order valence-corrected chi connectivity index (χ1v) is 8.21. The Hall–Kier alpha value is -2.80. The van der Waals surface area contributed by atoms with Crippen molar-refractivity contribution in [3.63, 3.8) is 0 Å². The first kappa shape index (κ1) is 16.1. The molecule has 0 spiro atoms. The van der Waals surface area contributed by atoms with Crippen LogP contribution in [0.4, 0.5) is 5.69 Å². The number of carbonyl (C=O) groups is 1. The number of nitriles is 1. The van der Waals surface area contributed by atoms with Gasteiger partial charge in [0.1, 0.15) is 5.75 Å². The molecular formula is C20H20N2O2. The molecule has 0 bridgehead atoms. The molecular weight excluding hydrogens is 300 g/mol. The summed E-state index contributed by atoms with van der Waals surface area (Å²) in [6.45, 7) is -0.0338. The Morgan fingerprint density at radius 3 is 2.38 bits per heavy atom. The van der Waals surface area contributed by atoms with Gasteiger partial charge in [-0.2, -0.15) is 5.26 Å². The number of nitrogens with one attached hydrogen (secondary N) is 1. The molecule has 1 aliphatic rings. The molecule has 1 saturated carbocycles. The molecule has 4 heteroatoms. The van der Waals surface area contributed by atoms with E-state index in [0.29, 0.717) is 11.4 Å². The second-order valence-corrected chi connectivity index (χ2v) is 6.13. The predicted octanol–water partition coefficient (Wildman–Crippen LogP) is 4.04. The minimum absolute atomic E-state index is 0.0338. The highest BCUT2D eigenvalue weighted by Crippen LogP contribution is 2.40. The summed E-state index contributed by atoms with van der Waals surface area (Å²) in [5.41, 5.74) is 1.41. The number of anilines is 1.